The van der Waals surface area contributed by atoms with Gasteiger partial charge in [0.05, 0.1) is 16.7 Å². The van der Waals surface area contributed by atoms with Crippen LogP contribution in [0.25, 0.3) is 0 Å². The predicted molar refractivity (Wildman–Crippen MR) is 129 cm³/mol. The number of aldehydes is 2. The second kappa shape index (κ2) is 7.97. The lowest BCUT2D eigenvalue weighted by atomic mass is 9.47. The van der Waals surface area contributed by atoms with Crippen molar-refractivity contribution >= 4 is 12.6 Å². The third kappa shape index (κ3) is 3.39. The molecule has 1 aromatic rings. The Morgan fingerprint density at radius 1 is 0.912 bits per heavy atom. The van der Waals surface area contributed by atoms with E-state index >= 15 is 0 Å². The fraction of sp³-hybridized carbons (Fsp3) is 0.714. The van der Waals surface area contributed by atoms with Crippen LogP contribution in [-0.4, -0.2) is 38.6 Å². The van der Waals surface area contributed by atoms with Gasteiger partial charge in [0.15, 0.2) is 12.6 Å². The summed E-state index contributed by atoms with van der Waals surface area (Å²) in [5.41, 5.74) is -1.40. The number of benzene rings is 1. The van der Waals surface area contributed by atoms with Gasteiger partial charge in [-0.1, -0.05) is 34.6 Å². The van der Waals surface area contributed by atoms with Gasteiger partial charge in [-0.3, -0.25) is 9.59 Å². The molecular formula is C28H40O6. The van der Waals surface area contributed by atoms with Gasteiger partial charge in [-0.25, -0.2) is 0 Å². The van der Waals surface area contributed by atoms with Crippen molar-refractivity contribution in [2.45, 2.75) is 85.2 Å². The molecule has 0 aliphatic heterocycles. The SMILES string of the molecule is CC(C)C[C@H](c1c(O)c(C=O)c(O)c(C=O)c1O)[C@@H]1CC[C@@](C)(O)[C@@H]2[C@@H]3C(CC[C@]21C)C3(C)C. The third-order valence-corrected chi connectivity index (χ3v) is 10.0. The lowest BCUT2D eigenvalue weighted by molar-refractivity contribution is -0.155. The molecule has 3 saturated carbocycles. The van der Waals surface area contributed by atoms with Crippen LogP contribution in [-0.2, 0) is 0 Å². The van der Waals surface area contributed by atoms with Crippen LogP contribution in [0, 0.1) is 40.4 Å². The Morgan fingerprint density at radius 2 is 1.47 bits per heavy atom. The second-order valence-electron chi connectivity index (χ2n) is 12.7. The third-order valence-electron chi connectivity index (χ3n) is 10.0. The maximum absolute atomic E-state index is 11.7. The fourth-order valence-corrected chi connectivity index (χ4v) is 8.48. The highest BCUT2D eigenvalue weighted by Crippen LogP contribution is 2.76. The van der Waals surface area contributed by atoms with Crippen molar-refractivity contribution in [2.24, 2.45) is 40.4 Å². The molecule has 188 valence electrons. The molecular weight excluding hydrogens is 432 g/mol. The molecule has 0 spiro atoms. The van der Waals surface area contributed by atoms with E-state index in [2.05, 4.69) is 34.6 Å². The smallest absolute Gasteiger partial charge is 0.157 e. The average Bonchev–Trinajstić information content (AvgIpc) is 3.27. The maximum atomic E-state index is 11.7. The summed E-state index contributed by atoms with van der Waals surface area (Å²) in [6.45, 7) is 13.0. The Balaban J connectivity index is 1.90. The molecule has 6 heteroatoms. The number of rotatable bonds is 6. The van der Waals surface area contributed by atoms with Crippen LogP contribution in [0.5, 0.6) is 17.2 Å². The van der Waals surface area contributed by atoms with Crippen LogP contribution < -0.4 is 0 Å². The van der Waals surface area contributed by atoms with E-state index in [1.165, 1.54) is 0 Å². The van der Waals surface area contributed by atoms with E-state index in [-0.39, 0.29) is 51.2 Å². The van der Waals surface area contributed by atoms with Crippen LogP contribution in [0.1, 0.15) is 106 Å². The summed E-state index contributed by atoms with van der Waals surface area (Å²) < 4.78 is 0. The number of aromatic hydroxyl groups is 3. The van der Waals surface area contributed by atoms with Gasteiger partial charge in [-0.05, 0) is 85.4 Å². The maximum Gasteiger partial charge on any atom is 0.157 e. The van der Waals surface area contributed by atoms with Gasteiger partial charge in [0, 0.05) is 5.56 Å². The molecule has 0 heterocycles. The van der Waals surface area contributed by atoms with Gasteiger partial charge in [-0.2, -0.15) is 0 Å². The zero-order chi connectivity index (χ0) is 25.4. The lowest BCUT2D eigenvalue weighted by Crippen LogP contribution is -2.56. The van der Waals surface area contributed by atoms with Crippen molar-refractivity contribution in [3.8, 4) is 17.2 Å². The molecule has 34 heavy (non-hydrogen) atoms. The highest BCUT2D eigenvalue weighted by molar-refractivity contribution is 5.95. The molecule has 4 N–H and O–H groups in total. The predicted octanol–water partition coefficient (Wildman–Crippen LogP) is 5.41. The van der Waals surface area contributed by atoms with E-state index in [1.807, 2.05) is 6.92 Å². The number of phenolic OH excluding ortho intramolecular Hbond substituents is 3. The molecule has 4 rings (SSSR count). The Morgan fingerprint density at radius 3 is 1.97 bits per heavy atom. The van der Waals surface area contributed by atoms with E-state index < -0.39 is 22.8 Å². The summed E-state index contributed by atoms with van der Waals surface area (Å²) in [5, 5.41) is 44.1. The molecule has 0 bridgehead atoms. The monoisotopic (exact) mass is 472 g/mol. The molecule has 6 nitrogen and oxygen atoms in total. The molecule has 3 aliphatic rings. The van der Waals surface area contributed by atoms with E-state index in [0.717, 1.165) is 12.8 Å². The van der Waals surface area contributed by atoms with Crippen molar-refractivity contribution in [1.82, 2.24) is 0 Å². The van der Waals surface area contributed by atoms with Gasteiger partial charge in [-0.15, -0.1) is 0 Å². The van der Waals surface area contributed by atoms with Crippen molar-refractivity contribution in [2.75, 3.05) is 0 Å². The van der Waals surface area contributed by atoms with Gasteiger partial charge in [0.2, 0.25) is 0 Å². The number of carbonyl (C=O) groups is 2. The Kier molecular flexibility index (Phi) is 5.87. The summed E-state index contributed by atoms with van der Waals surface area (Å²) in [7, 11) is 0. The Labute approximate surface area is 202 Å². The highest BCUT2D eigenvalue weighted by Gasteiger charge is 2.72. The first-order valence-electron chi connectivity index (χ1n) is 12.7. The molecule has 3 fully saturated rings. The van der Waals surface area contributed by atoms with Crippen molar-refractivity contribution < 1.29 is 30.0 Å². The molecule has 0 aromatic heterocycles. The summed E-state index contributed by atoms with van der Waals surface area (Å²) in [5.74, 6) is -0.575. The molecule has 1 aromatic carbocycles. The van der Waals surface area contributed by atoms with Gasteiger partial charge < -0.3 is 20.4 Å². The van der Waals surface area contributed by atoms with Gasteiger partial charge in [0.25, 0.3) is 0 Å². The number of phenols is 3. The van der Waals surface area contributed by atoms with Crippen molar-refractivity contribution in [1.29, 1.82) is 0 Å². The van der Waals surface area contributed by atoms with E-state index in [9.17, 15) is 30.0 Å². The summed E-state index contributed by atoms with van der Waals surface area (Å²) in [6.07, 6.45) is 4.66. The molecule has 0 amide bonds. The zero-order valence-electron chi connectivity index (χ0n) is 21.3. The highest BCUT2D eigenvalue weighted by atomic mass is 16.3. The summed E-state index contributed by atoms with van der Waals surface area (Å²) >= 11 is 0. The van der Waals surface area contributed by atoms with Crippen LogP contribution in [0.3, 0.4) is 0 Å². The molecule has 1 unspecified atom stereocenters. The van der Waals surface area contributed by atoms with Crippen LogP contribution in [0.2, 0.25) is 0 Å². The minimum Gasteiger partial charge on any atom is -0.507 e. The first-order valence-corrected chi connectivity index (χ1v) is 12.7. The summed E-state index contributed by atoms with van der Waals surface area (Å²) in [4.78, 5) is 23.5. The molecule has 0 radical (unpaired) electrons. The molecule has 0 saturated heterocycles. The number of carbonyl (C=O) groups excluding carboxylic acids is 2. The number of hydrogen-bond acceptors (Lipinski definition) is 6. The van der Waals surface area contributed by atoms with E-state index in [1.54, 1.807) is 0 Å². The molecule has 3 aliphatic carbocycles. The standard InChI is InChI=1S/C28H40O6/c1-14(2)11-15(20-23(32)16(12-29)22(31)17(13-30)24(20)33)18-8-10-28(6,34)25-21-19(26(21,3)4)7-9-27(18,25)5/h12-15,18-19,21,25,31-34H,7-11H2,1-6H3/t15-,18-,19?,21-,25+,27-,28+/m0/s1. The van der Waals surface area contributed by atoms with Crippen LogP contribution in [0.15, 0.2) is 0 Å². The fourth-order valence-electron chi connectivity index (χ4n) is 8.48. The van der Waals surface area contributed by atoms with E-state index in [0.29, 0.717) is 43.7 Å². The number of hydrogen-bond donors (Lipinski definition) is 4. The largest absolute Gasteiger partial charge is 0.507 e. The van der Waals surface area contributed by atoms with E-state index in [4.69, 9.17) is 0 Å². The number of aliphatic hydroxyl groups is 1. The van der Waals surface area contributed by atoms with Crippen LogP contribution >= 0.6 is 0 Å². The Hall–Kier alpha value is -2.08. The van der Waals surface area contributed by atoms with Crippen molar-refractivity contribution in [3.05, 3.63) is 16.7 Å². The van der Waals surface area contributed by atoms with Crippen LogP contribution in [0.4, 0.5) is 0 Å². The second-order valence-corrected chi connectivity index (χ2v) is 12.7. The number of fused-ring (bicyclic) bond motifs is 3. The Bertz CT molecular complexity index is 974. The average molecular weight is 473 g/mol. The topological polar surface area (TPSA) is 115 Å². The first-order chi connectivity index (χ1) is 15.7. The lowest BCUT2D eigenvalue weighted by Gasteiger charge is -2.59. The van der Waals surface area contributed by atoms with Gasteiger partial charge in [0.1, 0.15) is 17.2 Å². The molecule has 7 atom stereocenters. The van der Waals surface area contributed by atoms with Gasteiger partial charge >= 0.3 is 0 Å². The van der Waals surface area contributed by atoms with Crippen molar-refractivity contribution in [3.63, 3.8) is 0 Å². The minimum atomic E-state index is -0.800. The quantitative estimate of drug-likeness (QED) is 0.412. The normalized spacial score (nSPS) is 36.9. The zero-order valence-corrected chi connectivity index (χ0v) is 21.3. The minimum absolute atomic E-state index is 0.0258. The summed E-state index contributed by atoms with van der Waals surface area (Å²) in [6, 6.07) is 0. The first kappa shape index (κ1) is 25.0.